The van der Waals surface area contributed by atoms with E-state index in [4.69, 9.17) is 9.47 Å². The van der Waals surface area contributed by atoms with Crippen LogP contribution in [0.4, 0.5) is 4.79 Å². The Labute approximate surface area is 153 Å². The van der Waals surface area contributed by atoms with Gasteiger partial charge in [-0.25, -0.2) is 17.9 Å². The number of cyclic esters (lactones) is 2. The molecule has 2 aromatic rings. The molecule has 1 fully saturated rings. The molecule has 1 aliphatic rings. The molecule has 138 valence electrons. The molecule has 2 atom stereocenters. The van der Waals surface area contributed by atoms with Gasteiger partial charge < -0.3 is 9.47 Å². The number of carbonyl (C=O) groups is 1. The van der Waals surface area contributed by atoms with Gasteiger partial charge in [-0.15, -0.1) is 0 Å². The molecule has 1 heterocycles. The van der Waals surface area contributed by atoms with Crippen molar-refractivity contribution in [2.24, 2.45) is 0 Å². The SMILES string of the molecule is CC(C)S(=O)(=O)NC1COC(=O)OC1c1ccc(-c2ccccc2)cc1. The van der Waals surface area contributed by atoms with Gasteiger partial charge in [-0.2, -0.15) is 0 Å². The Morgan fingerprint density at radius 3 is 2.23 bits per heavy atom. The number of carbonyl (C=O) groups excluding carboxylic acids is 1. The van der Waals surface area contributed by atoms with Crippen molar-refractivity contribution in [3.63, 3.8) is 0 Å². The summed E-state index contributed by atoms with van der Waals surface area (Å²) in [6.07, 6.45) is -1.54. The van der Waals surface area contributed by atoms with Crippen LogP contribution in [-0.2, 0) is 19.5 Å². The number of benzene rings is 2. The minimum absolute atomic E-state index is 0.0735. The zero-order chi connectivity index (χ0) is 18.7. The molecule has 0 aromatic heterocycles. The molecule has 7 heteroatoms. The van der Waals surface area contributed by atoms with E-state index in [-0.39, 0.29) is 6.61 Å². The summed E-state index contributed by atoms with van der Waals surface area (Å²) in [5, 5.41) is -0.596. The van der Waals surface area contributed by atoms with Gasteiger partial charge in [0, 0.05) is 0 Å². The number of hydrogen-bond donors (Lipinski definition) is 1. The van der Waals surface area contributed by atoms with Gasteiger partial charge in [0.1, 0.15) is 6.61 Å². The lowest BCUT2D eigenvalue weighted by atomic mass is 9.98. The van der Waals surface area contributed by atoms with Gasteiger partial charge in [-0.05, 0) is 30.5 Å². The molecule has 3 rings (SSSR count). The quantitative estimate of drug-likeness (QED) is 0.811. The number of nitrogens with one attached hydrogen (secondary N) is 1. The van der Waals surface area contributed by atoms with E-state index < -0.39 is 33.6 Å². The maximum absolute atomic E-state index is 12.2. The van der Waals surface area contributed by atoms with Crippen LogP contribution in [0, 0.1) is 0 Å². The summed E-state index contributed by atoms with van der Waals surface area (Å²) >= 11 is 0. The van der Waals surface area contributed by atoms with Crippen LogP contribution in [0.2, 0.25) is 0 Å². The molecule has 6 nitrogen and oxygen atoms in total. The van der Waals surface area contributed by atoms with E-state index >= 15 is 0 Å². The molecule has 0 aliphatic carbocycles. The van der Waals surface area contributed by atoms with E-state index in [1.165, 1.54) is 0 Å². The minimum atomic E-state index is -3.53. The number of sulfonamides is 1. The van der Waals surface area contributed by atoms with E-state index in [9.17, 15) is 13.2 Å². The first-order valence-corrected chi connectivity index (χ1v) is 9.91. The molecule has 26 heavy (non-hydrogen) atoms. The second-order valence-electron chi connectivity index (χ2n) is 6.41. The summed E-state index contributed by atoms with van der Waals surface area (Å²) in [6.45, 7) is 3.10. The zero-order valence-electron chi connectivity index (χ0n) is 14.6. The maximum Gasteiger partial charge on any atom is 0.509 e. The highest BCUT2D eigenvalue weighted by Gasteiger charge is 2.36. The minimum Gasteiger partial charge on any atom is -0.432 e. The average molecular weight is 375 g/mol. The molecule has 1 aliphatic heterocycles. The van der Waals surface area contributed by atoms with Crippen molar-refractivity contribution in [3.05, 3.63) is 60.2 Å². The number of ether oxygens (including phenoxy) is 2. The summed E-state index contributed by atoms with van der Waals surface area (Å²) < 4.78 is 37.1. The summed E-state index contributed by atoms with van der Waals surface area (Å²) in [5.74, 6) is 0. The third kappa shape index (κ3) is 4.05. The van der Waals surface area contributed by atoms with E-state index in [1.54, 1.807) is 13.8 Å². The Balaban J connectivity index is 1.85. The highest BCUT2D eigenvalue weighted by Crippen LogP contribution is 2.29. The molecule has 1 N–H and O–H groups in total. The van der Waals surface area contributed by atoms with Gasteiger partial charge in [0.2, 0.25) is 10.0 Å². The molecule has 0 radical (unpaired) electrons. The van der Waals surface area contributed by atoms with Gasteiger partial charge >= 0.3 is 6.16 Å². The fourth-order valence-corrected chi connectivity index (χ4v) is 3.59. The van der Waals surface area contributed by atoms with Crippen LogP contribution < -0.4 is 4.72 Å². The number of hydrogen-bond acceptors (Lipinski definition) is 5. The van der Waals surface area contributed by atoms with Crippen LogP contribution in [0.15, 0.2) is 54.6 Å². The van der Waals surface area contributed by atoms with Crippen molar-refractivity contribution >= 4 is 16.2 Å². The van der Waals surface area contributed by atoms with Crippen LogP contribution in [0.5, 0.6) is 0 Å². The van der Waals surface area contributed by atoms with Crippen LogP contribution in [0.1, 0.15) is 25.5 Å². The first-order valence-electron chi connectivity index (χ1n) is 8.37. The lowest BCUT2D eigenvalue weighted by Crippen LogP contribution is -2.49. The Morgan fingerprint density at radius 2 is 1.62 bits per heavy atom. The van der Waals surface area contributed by atoms with Crippen molar-refractivity contribution in [2.45, 2.75) is 31.2 Å². The first kappa shape index (κ1) is 18.4. The van der Waals surface area contributed by atoms with E-state index in [0.717, 1.165) is 11.1 Å². The fraction of sp³-hybridized carbons (Fsp3) is 0.316. The second-order valence-corrected chi connectivity index (χ2v) is 8.67. The zero-order valence-corrected chi connectivity index (χ0v) is 15.4. The lowest BCUT2D eigenvalue weighted by molar-refractivity contribution is -0.0398. The maximum atomic E-state index is 12.2. The smallest absolute Gasteiger partial charge is 0.432 e. The van der Waals surface area contributed by atoms with E-state index in [2.05, 4.69) is 4.72 Å². The predicted molar refractivity (Wildman–Crippen MR) is 98.0 cm³/mol. The van der Waals surface area contributed by atoms with E-state index in [0.29, 0.717) is 5.56 Å². The molecule has 0 bridgehead atoms. The molecular weight excluding hydrogens is 354 g/mol. The standard InChI is InChI=1S/C19H21NO5S/c1-13(2)26(22,23)20-17-12-24-19(21)25-18(17)16-10-8-15(9-11-16)14-6-4-3-5-7-14/h3-11,13,17-18,20H,12H2,1-2H3. The van der Waals surface area contributed by atoms with Gasteiger partial charge in [0.25, 0.3) is 0 Å². The third-order valence-electron chi connectivity index (χ3n) is 4.25. The topological polar surface area (TPSA) is 81.7 Å². The molecular formula is C19H21NO5S. The van der Waals surface area contributed by atoms with Gasteiger partial charge in [-0.1, -0.05) is 54.6 Å². The van der Waals surface area contributed by atoms with Crippen LogP contribution in [0.3, 0.4) is 0 Å². The normalized spacial score (nSPS) is 20.5. The first-order chi connectivity index (χ1) is 12.4. The molecule has 1 saturated heterocycles. The predicted octanol–water partition coefficient (Wildman–Crippen LogP) is 3.26. The molecule has 0 spiro atoms. The van der Waals surface area contributed by atoms with Crippen molar-refractivity contribution in [1.82, 2.24) is 4.72 Å². The van der Waals surface area contributed by atoms with Gasteiger partial charge in [-0.3, -0.25) is 0 Å². The van der Waals surface area contributed by atoms with Crippen LogP contribution >= 0.6 is 0 Å². The van der Waals surface area contributed by atoms with Crippen LogP contribution in [0.25, 0.3) is 11.1 Å². The largest absolute Gasteiger partial charge is 0.509 e. The summed E-state index contributed by atoms with van der Waals surface area (Å²) in [7, 11) is -3.53. The average Bonchev–Trinajstić information content (AvgIpc) is 2.64. The number of rotatable bonds is 5. The summed E-state index contributed by atoms with van der Waals surface area (Å²) in [5.41, 5.74) is 2.80. The fourth-order valence-electron chi connectivity index (χ4n) is 2.70. The Morgan fingerprint density at radius 1 is 1.00 bits per heavy atom. The van der Waals surface area contributed by atoms with Crippen LogP contribution in [-0.4, -0.2) is 32.5 Å². The highest BCUT2D eigenvalue weighted by molar-refractivity contribution is 7.90. The molecule has 2 unspecified atom stereocenters. The van der Waals surface area contributed by atoms with Crippen molar-refractivity contribution in [1.29, 1.82) is 0 Å². The molecule has 2 aromatic carbocycles. The van der Waals surface area contributed by atoms with Crippen molar-refractivity contribution in [3.8, 4) is 11.1 Å². The molecule has 0 saturated carbocycles. The van der Waals surface area contributed by atoms with E-state index in [1.807, 2.05) is 54.6 Å². The summed E-state index contributed by atoms with van der Waals surface area (Å²) in [6, 6.07) is 16.7. The summed E-state index contributed by atoms with van der Waals surface area (Å²) in [4.78, 5) is 11.6. The lowest BCUT2D eigenvalue weighted by Gasteiger charge is -2.32. The Hall–Kier alpha value is -2.38. The Kier molecular flexibility index (Phi) is 5.29. The third-order valence-corrected chi connectivity index (χ3v) is 6.12. The van der Waals surface area contributed by atoms with Crippen molar-refractivity contribution in [2.75, 3.05) is 6.61 Å². The van der Waals surface area contributed by atoms with Crippen molar-refractivity contribution < 1.29 is 22.7 Å². The van der Waals surface area contributed by atoms with Gasteiger partial charge in [0.05, 0.1) is 11.3 Å². The molecule has 0 amide bonds. The highest BCUT2D eigenvalue weighted by atomic mass is 32.2. The Bertz CT molecular complexity index is 863. The second kappa shape index (κ2) is 7.47. The monoisotopic (exact) mass is 375 g/mol. The van der Waals surface area contributed by atoms with Gasteiger partial charge in [0.15, 0.2) is 6.10 Å².